The van der Waals surface area contributed by atoms with E-state index in [1.807, 2.05) is 6.07 Å². The lowest BCUT2D eigenvalue weighted by atomic mass is 10.2. The Balaban J connectivity index is 2.30. The van der Waals surface area contributed by atoms with Gasteiger partial charge in [-0.1, -0.05) is 6.92 Å². The van der Waals surface area contributed by atoms with Crippen molar-refractivity contribution >= 4 is 11.0 Å². The van der Waals surface area contributed by atoms with Crippen LogP contribution < -0.4 is 4.74 Å². The first kappa shape index (κ1) is 10.9. The van der Waals surface area contributed by atoms with E-state index < -0.39 is 6.61 Å². The van der Waals surface area contributed by atoms with Crippen molar-refractivity contribution in [2.45, 2.75) is 26.4 Å². The van der Waals surface area contributed by atoms with Crippen LogP contribution in [0.15, 0.2) is 28.7 Å². The van der Waals surface area contributed by atoms with E-state index in [1.165, 1.54) is 6.07 Å². The molecule has 0 aliphatic carbocycles. The number of halogens is 2. The molecule has 0 spiro atoms. The number of ether oxygens (including phenoxy) is 1. The van der Waals surface area contributed by atoms with E-state index in [0.29, 0.717) is 5.58 Å². The molecule has 0 N–H and O–H groups in total. The van der Waals surface area contributed by atoms with Crippen molar-refractivity contribution in [3.8, 4) is 5.75 Å². The van der Waals surface area contributed by atoms with Gasteiger partial charge >= 0.3 is 6.61 Å². The number of rotatable bonds is 4. The predicted molar refractivity (Wildman–Crippen MR) is 56.8 cm³/mol. The lowest BCUT2D eigenvalue weighted by Gasteiger charge is -2.02. The minimum atomic E-state index is -2.79. The SMILES string of the molecule is CCCc1cc2cc(OC(F)F)ccc2o1. The Morgan fingerprint density at radius 1 is 1.31 bits per heavy atom. The summed E-state index contributed by atoms with van der Waals surface area (Å²) < 4.78 is 33.8. The lowest BCUT2D eigenvalue weighted by molar-refractivity contribution is -0.0497. The van der Waals surface area contributed by atoms with Gasteiger partial charge in [0.1, 0.15) is 17.1 Å². The first-order valence-corrected chi connectivity index (χ1v) is 5.16. The molecule has 1 aromatic carbocycles. The fourth-order valence-corrected chi connectivity index (χ4v) is 1.62. The third-order valence-corrected chi connectivity index (χ3v) is 2.26. The van der Waals surface area contributed by atoms with E-state index in [2.05, 4.69) is 11.7 Å². The molecular formula is C12H12F2O2. The summed E-state index contributed by atoms with van der Waals surface area (Å²) in [4.78, 5) is 0. The molecule has 0 fully saturated rings. The third-order valence-electron chi connectivity index (χ3n) is 2.26. The fourth-order valence-electron chi connectivity index (χ4n) is 1.62. The van der Waals surface area contributed by atoms with E-state index in [1.54, 1.807) is 12.1 Å². The van der Waals surface area contributed by atoms with Gasteiger partial charge in [-0.2, -0.15) is 8.78 Å². The zero-order valence-electron chi connectivity index (χ0n) is 8.87. The molecule has 2 nitrogen and oxygen atoms in total. The molecule has 0 saturated carbocycles. The summed E-state index contributed by atoms with van der Waals surface area (Å²) in [6.45, 7) is -0.738. The van der Waals surface area contributed by atoms with Crippen molar-refractivity contribution in [1.29, 1.82) is 0 Å². The molecule has 0 unspecified atom stereocenters. The Morgan fingerprint density at radius 2 is 2.12 bits per heavy atom. The van der Waals surface area contributed by atoms with Crippen molar-refractivity contribution in [3.05, 3.63) is 30.0 Å². The Hall–Kier alpha value is -1.58. The Kier molecular flexibility index (Phi) is 3.08. The second kappa shape index (κ2) is 4.51. The highest BCUT2D eigenvalue weighted by Gasteiger charge is 2.07. The fraction of sp³-hybridized carbons (Fsp3) is 0.333. The second-order valence-corrected chi connectivity index (χ2v) is 3.54. The van der Waals surface area contributed by atoms with Gasteiger partial charge in [0, 0.05) is 11.8 Å². The summed E-state index contributed by atoms with van der Waals surface area (Å²) in [6.07, 6.45) is 1.83. The van der Waals surface area contributed by atoms with Gasteiger partial charge in [-0.25, -0.2) is 0 Å². The molecule has 2 rings (SSSR count). The van der Waals surface area contributed by atoms with Crippen molar-refractivity contribution in [2.75, 3.05) is 0 Å². The minimum absolute atomic E-state index is 0.159. The van der Waals surface area contributed by atoms with E-state index in [-0.39, 0.29) is 5.75 Å². The normalized spacial score (nSPS) is 11.2. The Bertz CT molecular complexity index is 477. The largest absolute Gasteiger partial charge is 0.461 e. The predicted octanol–water partition coefficient (Wildman–Crippen LogP) is 3.99. The number of furan rings is 1. The van der Waals surface area contributed by atoms with Gasteiger partial charge in [-0.05, 0) is 30.7 Å². The Morgan fingerprint density at radius 3 is 2.81 bits per heavy atom. The molecule has 0 aliphatic rings. The quantitative estimate of drug-likeness (QED) is 0.786. The highest BCUT2D eigenvalue weighted by atomic mass is 19.3. The van der Waals surface area contributed by atoms with E-state index in [0.717, 1.165) is 24.0 Å². The lowest BCUT2D eigenvalue weighted by Crippen LogP contribution is -2.01. The van der Waals surface area contributed by atoms with Crippen LogP contribution in [0.5, 0.6) is 5.75 Å². The summed E-state index contributed by atoms with van der Waals surface area (Å²) in [7, 11) is 0. The maximum atomic E-state index is 12.0. The average Bonchev–Trinajstić information content (AvgIpc) is 2.59. The van der Waals surface area contributed by atoms with Crippen LogP contribution in [0.25, 0.3) is 11.0 Å². The molecule has 0 radical (unpaired) electrons. The first-order valence-electron chi connectivity index (χ1n) is 5.16. The molecule has 86 valence electrons. The summed E-state index contributed by atoms with van der Waals surface area (Å²) in [5.74, 6) is 1.03. The van der Waals surface area contributed by atoms with Crippen molar-refractivity contribution in [1.82, 2.24) is 0 Å². The first-order chi connectivity index (χ1) is 7.69. The van der Waals surface area contributed by atoms with Crippen molar-refractivity contribution < 1.29 is 17.9 Å². The van der Waals surface area contributed by atoms with E-state index in [4.69, 9.17) is 4.42 Å². The van der Waals surface area contributed by atoms with Crippen LogP contribution in [0.4, 0.5) is 8.78 Å². The zero-order chi connectivity index (χ0) is 11.5. The van der Waals surface area contributed by atoms with Crippen LogP contribution in [-0.2, 0) is 6.42 Å². The number of hydrogen-bond donors (Lipinski definition) is 0. The molecular weight excluding hydrogens is 214 g/mol. The topological polar surface area (TPSA) is 22.4 Å². The van der Waals surface area contributed by atoms with E-state index in [9.17, 15) is 8.78 Å². The van der Waals surface area contributed by atoms with Crippen LogP contribution in [0, 0.1) is 0 Å². The maximum Gasteiger partial charge on any atom is 0.387 e. The summed E-state index contributed by atoms with van der Waals surface area (Å²) in [5, 5.41) is 0.793. The van der Waals surface area contributed by atoms with Crippen LogP contribution >= 0.6 is 0 Å². The van der Waals surface area contributed by atoms with Gasteiger partial charge in [0.25, 0.3) is 0 Å². The molecule has 16 heavy (non-hydrogen) atoms. The number of hydrogen-bond acceptors (Lipinski definition) is 2. The van der Waals surface area contributed by atoms with Crippen molar-refractivity contribution in [3.63, 3.8) is 0 Å². The molecule has 0 atom stereocenters. The number of benzene rings is 1. The maximum absolute atomic E-state index is 12.0. The van der Waals surface area contributed by atoms with Crippen LogP contribution in [0.1, 0.15) is 19.1 Å². The molecule has 4 heteroatoms. The zero-order valence-corrected chi connectivity index (χ0v) is 8.87. The Labute approximate surface area is 91.8 Å². The second-order valence-electron chi connectivity index (χ2n) is 3.54. The monoisotopic (exact) mass is 226 g/mol. The highest BCUT2D eigenvalue weighted by molar-refractivity contribution is 5.79. The van der Waals surface area contributed by atoms with E-state index >= 15 is 0 Å². The summed E-state index contributed by atoms with van der Waals surface area (Å²) >= 11 is 0. The molecule has 0 amide bonds. The van der Waals surface area contributed by atoms with Gasteiger partial charge in [0.05, 0.1) is 0 Å². The molecule has 0 saturated heterocycles. The van der Waals surface area contributed by atoms with Crippen LogP contribution in [-0.4, -0.2) is 6.61 Å². The van der Waals surface area contributed by atoms with Gasteiger partial charge in [0.2, 0.25) is 0 Å². The van der Waals surface area contributed by atoms with Crippen LogP contribution in [0.2, 0.25) is 0 Å². The number of fused-ring (bicyclic) bond motifs is 1. The van der Waals surface area contributed by atoms with Gasteiger partial charge in [-0.15, -0.1) is 0 Å². The molecule has 2 aromatic rings. The summed E-state index contributed by atoms with van der Waals surface area (Å²) in [5.41, 5.74) is 0.699. The van der Waals surface area contributed by atoms with Gasteiger partial charge in [0.15, 0.2) is 0 Å². The highest BCUT2D eigenvalue weighted by Crippen LogP contribution is 2.25. The molecule has 1 aromatic heterocycles. The molecule has 0 bridgehead atoms. The summed E-state index contributed by atoms with van der Waals surface area (Å²) in [6, 6.07) is 6.54. The van der Waals surface area contributed by atoms with Crippen molar-refractivity contribution in [2.24, 2.45) is 0 Å². The standard InChI is InChI=1S/C12H12F2O2/c1-2-3-9-6-8-7-10(16-12(13)14)4-5-11(8)15-9/h4-7,12H,2-3H2,1H3. The average molecular weight is 226 g/mol. The number of alkyl halides is 2. The number of aryl methyl sites for hydroxylation is 1. The third kappa shape index (κ3) is 2.32. The smallest absolute Gasteiger partial charge is 0.387 e. The van der Waals surface area contributed by atoms with Gasteiger partial charge in [-0.3, -0.25) is 0 Å². The van der Waals surface area contributed by atoms with Crippen LogP contribution in [0.3, 0.4) is 0 Å². The minimum Gasteiger partial charge on any atom is -0.461 e. The molecule has 0 aliphatic heterocycles. The molecule has 1 heterocycles. The van der Waals surface area contributed by atoms with Gasteiger partial charge < -0.3 is 9.15 Å².